The molecule has 2 aliphatic rings. The Morgan fingerprint density at radius 1 is 0.971 bits per heavy atom. The molecular weight excluding hydrogens is 442 g/mol. The largest absolute Gasteiger partial charge is 0.338 e. The third kappa shape index (κ3) is 3.82. The molecule has 35 heavy (non-hydrogen) atoms. The molecule has 3 heterocycles. The Balaban J connectivity index is 1.32. The SMILES string of the molecule is O=C1CC(C(=O)Nc2cccc3ccccc23)c2c(nc(N3CCc4ccccc4C3)[nH]c2=O)N1. The Morgan fingerprint density at radius 3 is 2.63 bits per heavy atom. The van der Waals surface area contributed by atoms with Gasteiger partial charge < -0.3 is 15.5 Å². The molecule has 0 saturated heterocycles. The summed E-state index contributed by atoms with van der Waals surface area (Å²) >= 11 is 0. The molecule has 1 atom stereocenters. The first-order chi connectivity index (χ1) is 17.1. The van der Waals surface area contributed by atoms with Crippen LogP contribution in [-0.4, -0.2) is 28.3 Å². The summed E-state index contributed by atoms with van der Waals surface area (Å²) in [6.07, 6.45) is 0.712. The van der Waals surface area contributed by atoms with E-state index in [0.717, 1.165) is 17.2 Å². The van der Waals surface area contributed by atoms with E-state index in [0.29, 0.717) is 24.7 Å². The van der Waals surface area contributed by atoms with Crippen molar-refractivity contribution in [3.63, 3.8) is 0 Å². The molecule has 0 radical (unpaired) electrons. The number of H-pyrrole nitrogens is 1. The molecule has 4 aromatic rings. The molecule has 3 aromatic carbocycles. The van der Waals surface area contributed by atoms with E-state index in [2.05, 4.69) is 32.7 Å². The predicted molar refractivity (Wildman–Crippen MR) is 135 cm³/mol. The van der Waals surface area contributed by atoms with Crippen molar-refractivity contribution in [1.29, 1.82) is 0 Å². The zero-order valence-corrected chi connectivity index (χ0v) is 18.9. The number of nitrogens with one attached hydrogen (secondary N) is 3. The van der Waals surface area contributed by atoms with Crippen LogP contribution in [0.3, 0.4) is 0 Å². The number of anilines is 3. The number of hydrogen-bond donors (Lipinski definition) is 3. The van der Waals surface area contributed by atoms with Crippen LogP contribution < -0.4 is 21.1 Å². The number of fused-ring (bicyclic) bond motifs is 3. The number of amides is 2. The summed E-state index contributed by atoms with van der Waals surface area (Å²) in [5.74, 6) is -1.16. The van der Waals surface area contributed by atoms with Crippen molar-refractivity contribution in [2.45, 2.75) is 25.3 Å². The first kappa shape index (κ1) is 21.1. The monoisotopic (exact) mass is 465 g/mol. The molecule has 1 unspecified atom stereocenters. The Hall–Kier alpha value is -4.46. The maximum absolute atomic E-state index is 13.3. The Labute approximate surface area is 201 Å². The van der Waals surface area contributed by atoms with Crippen molar-refractivity contribution in [2.24, 2.45) is 0 Å². The lowest BCUT2D eigenvalue weighted by atomic mass is 9.92. The van der Waals surface area contributed by atoms with Gasteiger partial charge in [-0.15, -0.1) is 0 Å². The highest BCUT2D eigenvalue weighted by Crippen LogP contribution is 2.32. The van der Waals surface area contributed by atoms with Crippen LogP contribution >= 0.6 is 0 Å². The van der Waals surface area contributed by atoms with Crippen LogP contribution in [0.4, 0.5) is 17.5 Å². The van der Waals surface area contributed by atoms with E-state index in [1.807, 2.05) is 59.5 Å². The number of carbonyl (C=O) groups excluding carboxylic acids is 2. The first-order valence-electron chi connectivity index (χ1n) is 11.6. The van der Waals surface area contributed by atoms with E-state index in [-0.39, 0.29) is 23.7 Å². The second-order valence-electron chi connectivity index (χ2n) is 8.91. The van der Waals surface area contributed by atoms with Gasteiger partial charge in [0.1, 0.15) is 5.82 Å². The molecule has 6 rings (SSSR count). The van der Waals surface area contributed by atoms with Gasteiger partial charge in [0.25, 0.3) is 5.56 Å². The van der Waals surface area contributed by atoms with Crippen molar-refractivity contribution in [3.05, 3.63) is 93.8 Å². The highest BCUT2D eigenvalue weighted by molar-refractivity contribution is 6.08. The molecule has 174 valence electrons. The van der Waals surface area contributed by atoms with Crippen molar-refractivity contribution >= 4 is 40.0 Å². The van der Waals surface area contributed by atoms with Crippen LogP contribution in [-0.2, 0) is 22.6 Å². The zero-order chi connectivity index (χ0) is 23.9. The normalized spacial score (nSPS) is 16.9. The van der Waals surface area contributed by atoms with Gasteiger partial charge in [-0.25, -0.2) is 0 Å². The second-order valence-corrected chi connectivity index (χ2v) is 8.91. The fourth-order valence-electron chi connectivity index (χ4n) is 4.96. The van der Waals surface area contributed by atoms with E-state index in [9.17, 15) is 14.4 Å². The minimum Gasteiger partial charge on any atom is -0.338 e. The lowest BCUT2D eigenvalue weighted by Crippen LogP contribution is -2.38. The van der Waals surface area contributed by atoms with Gasteiger partial charge in [-0.05, 0) is 29.0 Å². The van der Waals surface area contributed by atoms with Crippen LogP contribution in [0, 0.1) is 0 Å². The highest BCUT2D eigenvalue weighted by Gasteiger charge is 2.35. The van der Waals surface area contributed by atoms with Gasteiger partial charge in [-0.2, -0.15) is 4.98 Å². The molecule has 2 amide bonds. The molecule has 8 heteroatoms. The summed E-state index contributed by atoms with van der Waals surface area (Å²) in [6, 6.07) is 21.5. The van der Waals surface area contributed by atoms with Gasteiger partial charge >= 0.3 is 0 Å². The summed E-state index contributed by atoms with van der Waals surface area (Å²) in [6.45, 7) is 1.30. The van der Waals surface area contributed by atoms with Gasteiger partial charge in [-0.1, -0.05) is 60.7 Å². The molecule has 0 fully saturated rings. The first-order valence-corrected chi connectivity index (χ1v) is 11.6. The summed E-state index contributed by atoms with van der Waals surface area (Å²) in [7, 11) is 0. The number of aromatic amines is 1. The molecule has 3 N–H and O–H groups in total. The third-order valence-corrected chi connectivity index (χ3v) is 6.73. The molecule has 1 aromatic heterocycles. The zero-order valence-electron chi connectivity index (χ0n) is 18.9. The topological polar surface area (TPSA) is 107 Å². The minimum atomic E-state index is -0.940. The molecule has 2 aliphatic heterocycles. The molecule has 0 aliphatic carbocycles. The maximum Gasteiger partial charge on any atom is 0.258 e. The summed E-state index contributed by atoms with van der Waals surface area (Å²) in [5, 5.41) is 7.49. The number of hydrogen-bond acceptors (Lipinski definition) is 5. The second kappa shape index (κ2) is 8.39. The van der Waals surface area contributed by atoms with E-state index in [1.54, 1.807) is 0 Å². The standard InChI is InChI=1S/C27H23N5O3/c33-22-14-20(25(34)28-21-11-5-9-17-7-3-4-10-19(17)21)23-24(29-22)30-27(31-26(23)35)32-13-12-16-6-1-2-8-18(16)15-32/h1-11,20H,12-15H2,(H,28,34)(H2,29,30,31,33,35). The molecule has 8 nitrogen and oxygen atoms in total. The van der Waals surface area contributed by atoms with E-state index >= 15 is 0 Å². The number of nitrogens with zero attached hydrogens (tertiary/aromatic N) is 2. The van der Waals surface area contributed by atoms with Crippen LogP contribution in [0.2, 0.25) is 0 Å². The lowest BCUT2D eigenvalue weighted by molar-refractivity contribution is -0.123. The number of carbonyl (C=O) groups is 2. The van der Waals surface area contributed by atoms with Gasteiger partial charge in [0.05, 0.1) is 11.5 Å². The smallest absolute Gasteiger partial charge is 0.258 e. The average Bonchev–Trinajstić information content (AvgIpc) is 2.87. The fourth-order valence-corrected chi connectivity index (χ4v) is 4.96. The molecule has 0 spiro atoms. The minimum absolute atomic E-state index is 0.120. The number of rotatable bonds is 3. The van der Waals surface area contributed by atoms with Crippen LogP contribution in [0.5, 0.6) is 0 Å². The van der Waals surface area contributed by atoms with Crippen LogP contribution in [0.1, 0.15) is 29.0 Å². The Kier molecular flexibility index (Phi) is 5.06. The molecule has 0 saturated carbocycles. The van der Waals surface area contributed by atoms with Crippen molar-refractivity contribution in [2.75, 3.05) is 22.1 Å². The van der Waals surface area contributed by atoms with Crippen molar-refractivity contribution < 1.29 is 9.59 Å². The fraction of sp³-hybridized carbons (Fsp3) is 0.185. The van der Waals surface area contributed by atoms with Gasteiger partial charge in [0.2, 0.25) is 17.8 Å². The number of aromatic nitrogens is 2. The third-order valence-electron chi connectivity index (χ3n) is 6.73. The van der Waals surface area contributed by atoms with E-state index < -0.39 is 17.4 Å². The van der Waals surface area contributed by atoms with Crippen LogP contribution in [0.15, 0.2) is 71.5 Å². The number of benzene rings is 3. The Bertz CT molecular complexity index is 1540. The summed E-state index contributed by atoms with van der Waals surface area (Å²) in [4.78, 5) is 48.4. The van der Waals surface area contributed by atoms with Crippen LogP contribution in [0.25, 0.3) is 10.8 Å². The average molecular weight is 466 g/mol. The van der Waals surface area contributed by atoms with Gasteiger partial charge in [-0.3, -0.25) is 19.4 Å². The molecule has 0 bridgehead atoms. The molecular formula is C27H23N5O3. The maximum atomic E-state index is 13.3. The lowest BCUT2D eigenvalue weighted by Gasteiger charge is -2.30. The summed E-state index contributed by atoms with van der Waals surface area (Å²) < 4.78 is 0. The quantitative estimate of drug-likeness (QED) is 0.429. The van der Waals surface area contributed by atoms with Crippen molar-refractivity contribution in [1.82, 2.24) is 9.97 Å². The highest BCUT2D eigenvalue weighted by atomic mass is 16.2. The van der Waals surface area contributed by atoms with E-state index in [4.69, 9.17) is 0 Å². The predicted octanol–water partition coefficient (Wildman–Crippen LogP) is 3.55. The van der Waals surface area contributed by atoms with E-state index in [1.165, 1.54) is 11.1 Å². The van der Waals surface area contributed by atoms with Crippen molar-refractivity contribution in [3.8, 4) is 0 Å². The Morgan fingerprint density at radius 2 is 1.74 bits per heavy atom. The van der Waals surface area contributed by atoms with Gasteiger partial charge in [0, 0.05) is 30.6 Å². The van der Waals surface area contributed by atoms with Gasteiger partial charge in [0.15, 0.2) is 0 Å². The summed E-state index contributed by atoms with van der Waals surface area (Å²) in [5.41, 5.74) is 2.86.